The molecule has 1 aliphatic carbocycles. The van der Waals surface area contributed by atoms with Gasteiger partial charge in [0.1, 0.15) is 6.61 Å². The molecule has 0 amide bonds. The molecule has 8 heteroatoms. The van der Waals surface area contributed by atoms with E-state index in [1.54, 1.807) is 10.9 Å². The van der Waals surface area contributed by atoms with Crippen molar-refractivity contribution in [2.24, 2.45) is 0 Å². The Morgan fingerprint density at radius 3 is 2.73 bits per heavy atom. The molecular formula is C18H23N3O4S. The van der Waals surface area contributed by atoms with Crippen LogP contribution in [0.3, 0.4) is 0 Å². The second-order valence-electron chi connectivity index (χ2n) is 6.86. The molecule has 0 bridgehead atoms. The Morgan fingerprint density at radius 2 is 1.92 bits per heavy atom. The lowest BCUT2D eigenvalue weighted by atomic mass is 10.0. The average molecular weight is 377 g/mol. The van der Waals surface area contributed by atoms with Crippen LogP contribution in [0.4, 0.5) is 5.69 Å². The Kier molecular flexibility index (Phi) is 4.76. The molecule has 26 heavy (non-hydrogen) atoms. The average Bonchev–Trinajstić information content (AvgIpc) is 3.08. The van der Waals surface area contributed by atoms with E-state index < -0.39 is 10.0 Å². The SMILES string of the molecule is O=S(=O)(Nc1cnn(CC2COc3ccccc3O2)c1)C1CCCCC1. The zero-order valence-corrected chi connectivity index (χ0v) is 15.3. The zero-order valence-electron chi connectivity index (χ0n) is 14.5. The molecular weight excluding hydrogens is 354 g/mol. The Morgan fingerprint density at radius 1 is 1.15 bits per heavy atom. The summed E-state index contributed by atoms with van der Waals surface area (Å²) in [6, 6.07) is 7.54. The normalized spacial score (nSPS) is 20.7. The number of hydrogen-bond donors (Lipinski definition) is 1. The maximum absolute atomic E-state index is 12.5. The van der Waals surface area contributed by atoms with E-state index in [9.17, 15) is 8.42 Å². The second-order valence-corrected chi connectivity index (χ2v) is 8.82. The standard InChI is InChI=1S/C18H23N3O4S/c22-26(23,16-6-2-1-3-7-16)20-14-10-19-21(11-14)12-15-13-24-17-8-4-5-9-18(17)25-15/h4-5,8-11,15-16,20H,1-3,6-7,12-13H2. The maximum atomic E-state index is 12.5. The first-order valence-electron chi connectivity index (χ1n) is 9.03. The number of fused-ring (bicyclic) bond motifs is 1. The van der Waals surface area contributed by atoms with Gasteiger partial charge in [-0.2, -0.15) is 5.10 Å². The molecule has 0 spiro atoms. The van der Waals surface area contributed by atoms with Crippen molar-refractivity contribution in [1.82, 2.24) is 9.78 Å². The molecule has 1 aliphatic heterocycles. The van der Waals surface area contributed by atoms with Gasteiger partial charge in [0.25, 0.3) is 0 Å². The van der Waals surface area contributed by atoms with Gasteiger partial charge in [-0.25, -0.2) is 8.42 Å². The van der Waals surface area contributed by atoms with Crippen molar-refractivity contribution in [1.29, 1.82) is 0 Å². The minimum absolute atomic E-state index is 0.174. The van der Waals surface area contributed by atoms with Crippen LogP contribution in [0.1, 0.15) is 32.1 Å². The summed E-state index contributed by atoms with van der Waals surface area (Å²) in [5, 5.41) is 3.95. The van der Waals surface area contributed by atoms with Crippen LogP contribution >= 0.6 is 0 Å². The van der Waals surface area contributed by atoms with Gasteiger partial charge in [-0.3, -0.25) is 9.40 Å². The molecule has 1 aromatic heterocycles. The number of sulfonamides is 1. The molecule has 1 atom stereocenters. The van der Waals surface area contributed by atoms with Crippen molar-refractivity contribution in [3.05, 3.63) is 36.7 Å². The van der Waals surface area contributed by atoms with Crippen molar-refractivity contribution in [2.75, 3.05) is 11.3 Å². The van der Waals surface area contributed by atoms with Crippen molar-refractivity contribution in [2.45, 2.75) is 50.0 Å². The number of nitrogens with one attached hydrogen (secondary N) is 1. The summed E-state index contributed by atoms with van der Waals surface area (Å²) in [7, 11) is -3.36. The van der Waals surface area contributed by atoms with Crippen LogP contribution in [-0.4, -0.2) is 36.2 Å². The number of anilines is 1. The number of nitrogens with zero attached hydrogens (tertiary/aromatic N) is 2. The highest BCUT2D eigenvalue weighted by atomic mass is 32.2. The first-order valence-corrected chi connectivity index (χ1v) is 10.6. The zero-order chi connectivity index (χ0) is 18.0. The van der Waals surface area contributed by atoms with E-state index in [1.807, 2.05) is 24.3 Å². The number of benzene rings is 1. The fraction of sp³-hybridized carbons (Fsp3) is 0.500. The lowest BCUT2D eigenvalue weighted by molar-refractivity contribution is 0.0759. The van der Waals surface area contributed by atoms with Gasteiger partial charge in [-0.05, 0) is 25.0 Å². The fourth-order valence-corrected chi connectivity index (χ4v) is 5.06. The first kappa shape index (κ1) is 17.2. The molecule has 1 unspecified atom stereocenters. The Hall–Kier alpha value is -2.22. The van der Waals surface area contributed by atoms with E-state index in [0.29, 0.717) is 24.6 Å². The van der Waals surface area contributed by atoms with Crippen LogP contribution in [0.25, 0.3) is 0 Å². The first-order chi connectivity index (χ1) is 12.6. The van der Waals surface area contributed by atoms with Gasteiger partial charge in [-0.1, -0.05) is 31.4 Å². The third-order valence-electron chi connectivity index (χ3n) is 4.84. The Balaban J connectivity index is 1.38. The van der Waals surface area contributed by atoms with Crippen LogP contribution in [0.2, 0.25) is 0 Å². The second kappa shape index (κ2) is 7.19. The van der Waals surface area contributed by atoms with Crippen LogP contribution in [0.15, 0.2) is 36.7 Å². The summed E-state index contributed by atoms with van der Waals surface area (Å²) in [4.78, 5) is 0. The lowest BCUT2D eigenvalue weighted by Gasteiger charge is -2.26. The third kappa shape index (κ3) is 3.80. The number of para-hydroxylation sites is 2. The van der Waals surface area contributed by atoms with E-state index in [4.69, 9.17) is 9.47 Å². The molecule has 4 rings (SSSR count). The van der Waals surface area contributed by atoms with Crippen molar-refractivity contribution < 1.29 is 17.9 Å². The van der Waals surface area contributed by atoms with Gasteiger partial charge in [-0.15, -0.1) is 0 Å². The van der Waals surface area contributed by atoms with Gasteiger partial charge in [0.2, 0.25) is 10.0 Å². The van der Waals surface area contributed by atoms with Gasteiger partial charge >= 0.3 is 0 Å². The summed E-state index contributed by atoms with van der Waals surface area (Å²) < 4.78 is 41.0. The van der Waals surface area contributed by atoms with Gasteiger partial charge < -0.3 is 9.47 Å². The molecule has 1 fully saturated rings. The van der Waals surface area contributed by atoms with E-state index in [0.717, 1.165) is 37.9 Å². The fourth-order valence-electron chi connectivity index (χ4n) is 3.50. The van der Waals surface area contributed by atoms with Gasteiger partial charge in [0.15, 0.2) is 17.6 Å². The summed E-state index contributed by atoms with van der Waals surface area (Å²) in [5.74, 6) is 1.46. The monoisotopic (exact) mass is 377 g/mol. The van der Waals surface area contributed by atoms with Gasteiger partial charge in [0, 0.05) is 6.20 Å². The molecule has 2 aromatic rings. The molecule has 2 aliphatic rings. The number of rotatable bonds is 5. The molecule has 0 saturated heterocycles. The van der Waals surface area contributed by atoms with Gasteiger partial charge in [0.05, 0.1) is 23.7 Å². The van der Waals surface area contributed by atoms with Crippen molar-refractivity contribution in [3.63, 3.8) is 0 Å². The molecule has 140 valence electrons. The highest BCUT2D eigenvalue weighted by Crippen LogP contribution is 2.31. The van der Waals surface area contributed by atoms with Crippen LogP contribution in [0.5, 0.6) is 11.5 Å². The molecule has 1 N–H and O–H groups in total. The molecule has 1 saturated carbocycles. The maximum Gasteiger partial charge on any atom is 0.235 e. The summed E-state index contributed by atoms with van der Waals surface area (Å²) in [6.07, 6.45) is 7.61. The van der Waals surface area contributed by atoms with Crippen molar-refractivity contribution >= 4 is 15.7 Å². The topological polar surface area (TPSA) is 82.5 Å². The highest BCUT2D eigenvalue weighted by molar-refractivity contribution is 7.93. The molecule has 7 nitrogen and oxygen atoms in total. The lowest BCUT2D eigenvalue weighted by Crippen LogP contribution is -2.33. The minimum Gasteiger partial charge on any atom is -0.486 e. The molecule has 1 aromatic carbocycles. The molecule has 2 heterocycles. The predicted molar refractivity (Wildman–Crippen MR) is 98.0 cm³/mol. The van der Waals surface area contributed by atoms with E-state index in [2.05, 4.69) is 9.82 Å². The quantitative estimate of drug-likeness (QED) is 0.866. The van der Waals surface area contributed by atoms with Crippen LogP contribution in [-0.2, 0) is 16.6 Å². The smallest absolute Gasteiger partial charge is 0.235 e. The van der Waals surface area contributed by atoms with E-state index in [-0.39, 0.29) is 11.4 Å². The van der Waals surface area contributed by atoms with Crippen LogP contribution < -0.4 is 14.2 Å². The summed E-state index contributed by atoms with van der Waals surface area (Å²) in [5.41, 5.74) is 0.493. The van der Waals surface area contributed by atoms with Crippen LogP contribution in [0, 0.1) is 0 Å². The summed E-state index contributed by atoms with van der Waals surface area (Å²) in [6.45, 7) is 0.916. The number of aromatic nitrogens is 2. The minimum atomic E-state index is -3.36. The predicted octanol–water partition coefficient (Wildman–Crippen LogP) is 2.80. The largest absolute Gasteiger partial charge is 0.486 e. The highest BCUT2D eigenvalue weighted by Gasteiger charge is 2.28. The Labute approximate surface area is 153 Å². The third-order valence-corrected chi connectivity index (χ3v) is 6.71. The molecule has 0 radical (unpaired) electrons. The Bertz CT molecular complexity index is 859. The number of ether oxygens (including phenoxy) is 2. The van der Waals surface area contributed by atoms with E-state index >= 15 is 0 Å². The van der Waals surface area contributed by atoms with E-state index in [1.165, 1.54) is 6.20 Å². The van der Waals surface area contributed by atoms with Crippen molar-refractivity contribution in [3.8, 4) is 11.5 Å². The number of hydrogen-bond acceptors (Lipinski definition) is 5. The summed E-state index contributed by atoms with van der Waals surface area (Å²) >= 11 is 0.